The molecule has 1 aromatic heterocycles. The van der Waals surface area contributed by atoms with Gasteiger partial charge in [-0.05, 0) is 36.4 Å². The summed E-state index contributed by atoms with van der Waals surface area (Å²) >= 11 is 0. The molecule has 0 radical (unpaired) electrons. The quantitative estimate of drug-likeness (QED) is 0.715. The van der Waals surface area contributed by atoms with Gasteiger partial charge in [-0.25, -0.2) is 8.42 Å². The number of pyridine rings is 1. The third-order valence-corrected chi connectivity index (χ3v) is 4.85. The molecular formula is C16H14F3N3O4S. The van der Waals surface area contributed by atoms with E-state index in [1.807, 2.05) is 0 Å². The summed E-state index contributed by atoms with van der Waals surface area (Å²) < 4.78 is 59.9. The highest BCUT2D eigenvalue weighted by Gasteiger charge is 2.46. The molecule has 2 rings (SSSR count). The molecule has 0 aliphatic heterocycles. The average Bonchev–Trinajstić information content (AvgIpc) is 2.64. The number of aromatic nitrogens is 1. The molecule has 1 heterocycles. The summed E-state index contributed by atoms with van der Waals surface area (Å²) in [4.78, 5) is 26.5. The Labute approximate surface area is 152 Å². The summed E-state index contributed by atoms with van der Waals surface area (Å²) in [5.74, 6) is -0.999. The zero-order chi connectivity index (χ0) is 20.1. The maximum absolute atomic E-state index is 12.5. The van der Waals surface area contributed by atoms with E-state index in [1.54, 1.807) is 12.1 Å². The minimum atomic E-state index is -5.46. The van der Waals surface area contributed by atoms with Crippen molar-refractivity contribution in [2.24, 2.45) is 0 Å². The van der Waals surface area contributed by atoms with E-state index in [1.165, 1.54) is 12.4 Å². The van der Waals surface area contributed by atoms with Crippen LogP contribution in [0.4, 0.5) is 13.2 Å². The molecule has 0 unspecified atom stereocenters. The third kappa shape index (κ3) is 5.03. The second-order valence-corrected chi connectivity index (χ2v) is 7.17. The van der Waals surface area contributed by atoms with E-state index in [0.717, 1.165) is 12.1 Å². The zero-order valence-electron chi connectivity index (χ0n) is 13.7. The number of halogens is 3. The van der Waals surface area contributed by atoms with Crippen LogP contribution in [0.5, 0.6) is 0 Å². The van der Waals surface area contributed by atoms with Crippen LogP contribution in [-0.2, 0) is 9.84 Å². The predicted octanol–water partition coefficient (Wildman–Crippen LogP) is 1.53. The minimum absolute atomic E-state index is 0.0188. The number of hydrogen-bond donors (Lipinski definition) is 2. The summed E-state index contributed by atoms with van der Waals surface area (Å²) in [5, 5.41) is 5.01. The Kier molecular flexibility index (Phi) is 6.16. The van der Waals surface area contributed by atoms with Crippen molar-refractivity contribution in [2.75, 3.05) is 13.1 Å². The maximum Gasteiger partial charge on any atom is 0.501 e. The van der Waals surface area contributed by atoms with E-state index < -0.39 is 26.1 Å². The first-order valence-electron chi connectivity index (χ1n) is 7.51. The van der Waals surface area contributed by atoms with Crippen LogP contribution >= 0.6 is 0 Å². The number of amides is 2. The molecular weight excluding hydrogens is 387 g/mol. The van der Waals surface area contributed by atoms with Gasteiger partial charge in [0.15, 0.2) is 0 Å². The first-order chi connectivity index (χ1) is 12.6. The Bertz CT molecular complexity index is 914. The van der Waals surface area contributed by atoms with Gasteiger partial charge in [-0.2, -0.15) is 13.2 Å². The molecule has 2 N–H and O–H groups in total. The van der Waals surface area contributed by atoms with Crippen molar-refractivity contribution in [3.05, 3.63) is 59.9 Å². The van der Waals surface area contributed by atoms with Crippen LogP contribution < -0.4 is 10.6 Å². The highest BCUT2D eigenvalue weighted by Crippen LogP contribution is 2.30. The summed E-state index contributed by atoms with van der Waals surface area (Å²) in [5.41, 5.74) is -5.08. The SMILES string of the molecule is O=C(NCCNC(=O)c1cccnc1)c1ccc(S(=O)(=O)C(F)(F)F)cc1. The Balaban J connectivity index is 1.87. The van der Waals surface area contributed by atoms with E-state index in [9.17, 15) is 31.2 Å². The minimum Gasteiger partial charge on any atom is -0.350 e. The fourth-order valence-electron chi connectivity index (χ4n) is 1.97. The van der Waals surface area contributed by atoms with Gasteiger partial charge >= 0.3 is 5.51 Å². The normalized spacial score (nSPS) is 11.7. The van der Waals surface area contributed by atoms with E-state index in [-0.39, 0.29) is 24.6 Å². The number of nitrogens with one attached hydrogen (secondary N) is 2. The van der Waals surface area contributed by atoms with Gasteiger partial charge in [0.1, 0.15) is 0 Å². The number of carbonyl (C=O) groups excluding carboxylic acids is 2. The summed E-state index contributed by atoms with van der Waals surface area (Å²) in [6.45, 7) is 0.174. The van der Waals surface area contributed by atoms with Gasteiger partial charge in [0.05, 0.1) is 10.5 Å². The number of hydrogen-bond acceptors (Lipinski definition) is 5. The molecule has 0 aliphatic rings. The smallest absolute Gasteiger partial charge is 0.350 e. The second kappa shape index (κ2) is 8.16. The summed E-state index contributed by atoms with van der Waals surface area (Å²) in [7, 11) is -5.46. The van der Waals surface area contributed by atoms with Crippen molar-refractivity contribution < 1.29 is 31.2 Å². The average molecular weight is 401 g/mol. The fourth-order valence-corrected chi connectivity index (χ4v) is 2.73. The van der Waals surface area contributed by atoms with Crippen molar-refractivity contribution in [3.63, 3.8) is 0 Å². The maximum atomic E-state index is 12.5. The van der Waals surface area contributed by atoms with Gasteiger partial charge in [0.2, 0.25) is 0 Å². The molecule has 0 fully saturated rings. The van der Waals surface area contributed by atoms with E-state index in [4.69, 9.17) is 0 Å². The molecule has 0 bridgehead atoms. The number of nitrogens with zero attached hydrogens (tertiary/aromatic N) is 1. The Morgan fingerprint density at radius 1 is 0.926 bits per heavy atom. The molecule has 0 spiro atoms. The molecule has 0 saturated carbocycles. The van der Waals surface area contributed by atoms with E-state index >= 15 is 0 Å². The molecule has 1 aromatic carbocycles. The molecule has 2 aromatic rings. The van der Waals surface area contributed by atoms with E-state index in [2.05, 4.69) is 15.6 Å². The number of rotatable bonds is 6. The van der Waals surface area contributed by atoms with Gasteiger partial charge in [-0.3, -0.25) is 14.6 Å². The van der Waals surface area contributed by atoms with Crippen molar-refractivity contribution in [1.29, 1.82) is 0 Å². The van der Waals surface area contributed by atoms with Gasteiger partial charge < -0.3 is 10.6 Å². The summed E-state index contributed by atoms with van der Waals surface area (Å²) in [6, 6.07) is 6.53. The van der Waals surface area contributed by atoms with E-state index in [0.29, 0.717) is 17.7 Å². The molecule has 144 valence electrons. The topological polar surface area (TPSA) is 105 Å². The lowest BCUT2D eigenvalue weighted by Crippen LogP contribution is -2.34. The van der Waals surface area contributed by atoms with Crippen LogP contribution in [0.15, 0.2) is 53.7 Å². The molecule has 0 saturated heterocycles. The van der Waals surface area contributed by atoms with Gasteiger partial charge in [-0.1, -0.05) is 0 Å². The fraction of sp³-hybridized carbons (Fsp3) is 0.188. The van der Waals surface area contributed by atoms with Gasteiger partial charge in [0, 0.05) is 31.0 Å². The molecule has 11 heteroatoms. The number of alkyl halides is 3. The standard InChI is InChI=1S/C16H14F3N3O4S/c17-16(18,19)27(25,26)13-5-3-11(4-6-13)14(23)21-8-9-22-15(24)12-2-1-7-20-10-12/h1-7,10H,8-9H2,(H,21,23)(H,22,24). The lowest BCUT2D eigenvalue weighted by atomic mass is 10.2. The van der Waals surface area contributed by atoms with Crippen LogP contribution in [0.25, 0.3) is 0 Å². The van der Waals surface area contributed by atoms with Crippen LogP contribution in [0.1, 0.15) is 20.7 Å². The van der Waals surface area contributed by atoms with Gasteiger partial charge in [0.25, 0.3) is 21.7 Å². The van der Waals surface area contributed by atoms with Crippen LogP contribution in [-0.4, -0.2) is 43.8 Å². The lowest BCUT2D eigenvalue weighted by molar-refractivity contribution is -0.0436. The monoisotopic (exact) mass is 401 g/mol. The second-order valence-electron chi connectivity index (χ2n) is 5.23. The number of benzene rings is 1. The zero-order valence-corrected chi connectivity index (χ0v) is 14.5. The Hall–Kier alpha value is -2.95. The first kappa shape index (κ1) is 20.4. The molecule has 0 aliphatic carbocycles. The van der Waals surface area contributed by atoms with Gasteiger partial charge in [-0.15, -0.1) is 0 Å². The predicted molar refractivity (Wildman–Crippen MR) is 88.6 cm³/mol. The highest BCUT2D eigenvalue weighted by atomic mass is 32.2. The Morgan fingerprint density at radius 3 is 1.96 bits per heavy atom. The largest absolute Gasteiger partial charge is 0.501 e. The van der Waals surface area contributed by atoms with Crippen LogP contribution in [0.3, 0.4) is 0 Å². The Morgan fingerprint density at radius 2 is 1.48 bits per heavy atom. The lowest BCUT2D eigenvalue weighted by Gasteiger charge is -2.09. The first-order valence-corrected chi connectivity index (χ1v) is 8.99. The van der Waals surface area contributed by atoms with Crippen molar-refractivity contribution >= 4 is 21.7 Å². The molecule has 0 atom stereocenters. The number of carbonyl (C=O) groups is 2. The summed E-state index contributed by atoms with van der Waals surface area (Å²) in [6.07, 6.45) is 2.90. The molecule has 2 amide bonds. The third-order valence-electron chi connectivity index (χ3n) is 3.35. The highest BCUT2D eigenvalue weighted by molar-refractivity contribution is 7.92. The van der Waals surface area contributed by atoms with Crippen LogP contribution in [0, 0.1) is 0 Å². The van der Waals surface area contributed by atoms with Crippen molar-refractivity contribution in [2.45, 2.75) is 10.4 Å². The molecule has 27 heavy (non-hydrogen) atoms. The van der Waals surface area contributed by atoms with Crippen molar-refractivity contribution in [3.8, 4) is 0 Å². The number of sulfone groups is 1. The molecule has 7 nitrogen and oxygen atoms in total. The van der Waals surface area contributed by atoms with Crippen molar-refractivity contribution in [1.82, 2.24) is 15.6 Å². The van der Waals surface area contributed by atoms with Crippen LogP contribution in [0.2, 0.25) is 0 Å².